The van der Waals surface area contributed by atoms with E-state index >= 15 is 0 Å². The van der Waals surface area contributed by atoms with Crippen molar-refractivity contribution in [2.24, 2.45) is 0 Å². The van der Waals surface area contributed by atoms with Crippen LogP contribution in [0.4, 0.5) is 0 Å². The highest BCUT2D eigenvalue weighted by Crippen LogP contribution is 2.38. The molecule has 1 unspecified atom stereocenters. The van der Waals surface area contributed by atoms with Crippen molar-refractivity contribution < 1.29 is 8.42 Å². The molecule has 1 aliphatic rings. The molecule has 0 spiro atoms. The molecule has 5 heteroatoms. The molecule has 96 valence electrons. The third-order valence-corrected chi connectivity index (χ3v) is 5.33. The molecular formula is C13H16N2O2S. The number of hydrogen-bond acceptors (Lipinski definition) is 3. The Morgan fingerprint density at radius 1 is 1.39 bits per heavy atom. The molecule has 0 amide bonds. The molecule has 1 aromatic heterocycles. The second-order valence-electron chi connectivity index (χ2n) is 4.78. The number of fused-ring (bicyclic) bond motifs is 3. The number of aromatic nitrogens is 1. The maximum atomic E-state index is 12.1. The van der Waals surface area contributed by atoms with Gasteiger partial charge in [0, 0.05) is 28.9 Å². The molecule has 3 rings (SSSR count). The van der Waals surface area contributed by atoms with Crippen LogP contribution in [0, 0.1) is 0 Å². The Morgan fingerprint density at radius 2 is 2.17 bits per heavy atom. The summed E-state index contributed by atoms with van der Waals surface area (Å²) in [5.41, 5.74) is 1.88. The fraction of sp³-hybridized carbons (Fsp3) is 0.385. The van der Waals surface area contributed by atoms with Crippen molar-refractivity contribution in [3.05, 3.63) is 29.8 Å². The third-order valence-electron chi connectivity index (χ3n) is 3.61. The van der Waals surface area contributed by atoms with Gasteiger partial charge in [0.15, 0.2) is 9.84 Å². The fourth-order valence-electron chi connectivity index (χ4n) is 2.78. The molecule has 0 aliphatic carbocycles. The standard InChI is InChI=1S/C13H16N2O2S/c1-14-8-9-6-7-18(16,17)13-12(9)10-4-2-3-5-11(10)15-13/h2-5,9,14-15H,6-8H2,1H3. The SMILES string of the molecule is CNCC1CCS(=O)(=O)c2[nH]c3ccccc3c21. The minimum absolute atomic E-state index is 0.235. The van der Waals surface area contributed by atoms with Crippen LogP contribution in [0.1, 0.15) is 17.9 Å². The zero-order chi connectivity index (χ0) is 12.8. The van der Waals surface area contributed by atoms with E-state index in [0.29, 0.717) is 11.4 Å². The summed E-state index contributed by atoms with van der Waals surface area (Å²) in [5, 5.41) is 4.62. The van der Waals surface area contributed by atoms with Crippen molar-refractivity contribution in [2.45, 2.75) is 17.4 Å². The number of hydrogen-bond donors (Lipinski definition) is 2. The lowest BCUT2D eigenvalue weighted by Crippen LogP contribution is -2.26. The van der Waals surface area contributed by atoms with Gasteiger partial charge >= 0.3 is 0 Å². The Labute approximate surface area is 106 Å². The quantitative estimate of drug-likeness (QED) is 0.867. The van der Waals surface area contributed by atoms with E-state index in [1.54, 1.807) is 0 Å². The van der Waals surface area contributed by atoms with E-state index in [1.165, 1.54) is 0 Å². The normalized spacial score (nSPS) is 21.9. The minimum Gasteiger partial charge on any atom is -0.345 e. The van der Waals surface area contributed by atoms with Crippen LogP contribution in [-0.2, 0) is 9.84 Å². The van der Waals surface area contributed by atoms with E-state index in [-0.39, 0.29) is 11.7 Å². The van der Waals surface area contributed by atoms with Gasteiger partial charge in [-0.15, -0.1) is 0 Å². The molecule has 4 nitrogen and oxygen atoms in total. The Balaban J connectivity index is 2.30. The Bertz CT molecular complexity index is 688. The van der Waals surface area contributed by atoms with Crippen molar-refractivity contribution in [1.29, 1.82) is 0 Å². The van der Waals surface area contributed by atoms with E-state index in [2.05, 4.69) is 10.3 Å². The Morgan fingerprint density at radius 3 is 2.94 bits per heavy atom. The highest BCUT2D eigenvalue weighted by atomic mass is 32.2. The molecule has 0 radical (unpaired) electrons. The van der Waals surface area contributed by atoms with Gasteiger partial charge in [-0.1, -0.05) is 18.2 Å². The van der Waals surface area contributed by atoms with E-state index in [0.717, 1.165) is 23.0 Å². The van der Waals surface area contributed by atoms with Crippen LogP contribution in [0.25, 0.3) is 10.9 Å². The van der Waals surface area contributed by atoms with E-state index in [9.17, 15) is 8.42 Å². The Hall–Kier alpha value is -1.33. The van der Waals surface area contributed by atoms with Crippen molar-refractivity contribution >= 4 is 20.7 Å². The van der Waals surface area contributed by atoms with Crippen molar-refractivity contribution in [1.82, 2.24) is 10.3 Å². The van der Waals surface area contributed by atoms with Gasteiger partial charge in [-0.3, -0.25) is 0 Å². The van der Waals surface area contributed by atoms with E-state index < -0.39 is 9.84 Å². The summed E-state index contributed by atoms with van der Waals surface area (Å²) in [4.78, 5) is 3.08. The highest BCUT2D eigenvalue weighted by Gasteiger charge is 2.33. The first-order valence-corrected chi connectivity index (χ1v) is 7.76. The summed E-state index contributed by atoms with van der Waals surface area (Å²) in [6.07, 6.45) is 0.692. The minimum atomic E-state index is -3.14. The number of nitrogens with one attached hydrogen (secondary N) is 2. The monoisotopic (exact) mass is 264 g/mol. The first kappa shape index (κ1) is 11.7. The highest BCUT2D eigenvalue weighted by molar-refractivity contribution is 7.91. The van der Waals surface area contributed by atoms with Crippen molar-refractivity contribution in [2.75, 3.05) is 19.3 Å². The molecule has 1 aromatic carbocycles. The van der Waals surface area contributed by atoms with Gasteiger partial charge in [0.2, 0.25) is 0 Å². The molecule has 1 atom stereocenters. The summed E-state index contributed by atoms with van der Waals surface area (Å²) in [5.74, 6) is 0.504. The topological polar surface area (TPSA) is 62.0 Å². The van der Waals surface area contributed by atoms with Crippen LogP contribution >= 0.6 is 0 Å². The van der Waals surface area contributed by atoms with Crippen molar-refractivity contribution in [3.8, 4) is 0 Å². The zero-order valence-corrected chi connectivity index (χ0v) is 11.0. The van der Waals surface area contributed by atoms with E-state index in [4.69, 9.17) is 0 Å². The smallest absolute Gasteiger partial charge is 0.193 e. The second kappa shape index (κ2) is 4.10. The van der Waals surface area contributed by atoms with Gasteiger partial charge in [0.1, 0.15) is 5.03 Å². The predicted molar refractivity (Wildman–Crippen MR) is 71.6 cm³/mol. The van der Waals surface area contributed by atoms with Crippen LogP contribution in [-0.4, -0.2) is 32.7 Å². The van der Waals surface area contributed by atoms with Crippen LogP contribution in [0.5, 0.6) is 0 Å². The molecular weight excluding hydrogens is 248 g/mol. The van der Waals surface area contributed by atoms with Crippen LogP contribution in [0.3, 0.4) is 0 Å². The molecule has 2 N–H and O–H groups in total. The third kappa shape index (κ3) is 1.66. The molecule has 0 saturated heterocycles. The number of H-pyrrole nitrogens is 1. The molecule has 1 aliphatic heterocycles. The summed E-state index contributed by atoms with van der Waals surface area (Å²) in [6.45, 7) is 0.810. The first-order chi connectivity index (χ1) is 8.63. The number of likely N-dealkylation sites (N-methyl/N-ethyl adjacent to an activating group) is 1. The first-order valence-electron chi connectivity index (χ1n) is 6.11. The fourth-order valence-corrected chi connectivity index (χ4v) is 4.46. The number of benzene rings is 1. The number of para-hydroxylation sites is 1. The number of aromatic amines is 1. The molecule has 0 bridgehead atoms. The summed E-state index contributed by atoms with van der Waals surface area (Å²) >= 11 is 0. The zero-order valence-electron chi connectivity index (χ0n) is 10.2. The van der Waals surface area contributed by atoms with E-state index in [1.807, 2.05) is 31.3 Å². The molecule has 18 heavy (non-hydrogen) atoms. The van der Waals surface area contributed by atoms with Crippen LogP contribution in [0.2, 0.25) is 0 Å². The number of rotatable bonds is 2. The second-order valence-corrected chi connectivity index (χ2v) is 6.82. The maximum absolute atomic E-state index is 12.1. The summed E-state index contributed by atoms with van der Waals surface area (Å²) in [6, 6.07) is 7.80. The van der Waals surface area contributed by atoms with Gasteiger partial charge in [0.05, 0.1) is 5.75 Å². The lowest BCUT2D eigenvalue weighted by Gasteiger charge is -2.22. The van der Waals surface area contributed by atoms with Crippen molar-refractivity contribution in [3.63, 3.8) is 0 Å². The van der Waals surface area contributed by atoms with Gasteiger partial charge < -0.3 is 10.3 Å². The molecule has 2 heterocycles. The number of sulfone groups is 1. The lowest BCUT2D eigenvalue weighted by atomic mass is 9.95. The molecule has 0 fully saturated rings. The average Bonchev–Trinajstić information content (AvgIpc) is 2.74. The average molecular weight is 264 g/mol. The predicted octanol–water partition coefficient (Wildman–Crippen LogP) is 1.65. The van der Waals surface area contributed by atoms with Gasteiger partial charge in [-0.05, 0) is 19.5 Å². The lowest BCUT2D eigenvalue weighted by molar-refractivity contribution is 0.549. The maximum Gasteiger partial charge on any atom is 0.193 e. The van der Waals surface area contributed by atoms with Crippen LogP contribution < -0.4 is 5.32 Å². The largest absolute Gasteiger partial charge is 0.345 e. The summed E-state index contributed by atoms with van der Waals surface area (Å²) < 4.78 is 24.3. The van der Waals surface area contributed by atoms with Gasteiger partial charge in [-0.25, -0.2) is 8.42 Å². The molecule has 0 saturated carbocycles. The Kier molecular flexibility index (Phi) is 2.68. The van der Waals surface area contributed by atoms with Gasteiger partial charge in [0.25, 0.3) is 0 Å². The van der Waals surface area contributed by atoms with Gasteiger partial charge in [-0.2, -0.15) is 0 Å². The van der Waals surface area contributed by atoms with Crippen LogP contribution in [0.15, 0.2) is 29.3 Å². The summed E-state index contributed by atoms with van der Waals surface area (Å²) in [7, 11) is -1.24. The molecule has 2 aromatic rings.